The number of hydrogen-bond donors (Lipinski definition) is 1. The van der Waals surface area contributed by atoms with Crippen molar-refractivity contribution in [2.45, 2.75) is 26.4 Å². The fourth-order valence-electron chi connectivity index (χ4n) is 1.64. The summed E-state index contributed by atoms with van der Waals surface area (Å²) in [6, 6.07) is 5.32. The molecule has 18 heavy (non-hydrogen) atoms. The van der Waals surface area contributed by atoms with Gasteiger partial charge in [0.2, 0.25) is 0 Å². The number of hydrogen-bond acceptors (Lipinski definition) is 3. The fourth-order valence-corrected chi connectivity index (χ4v) is 1.99. The van der Waals surface area contributed by atoms with Gasteiger partial charge in [0.05, 0.1) is 11.7 Å². The van der Waals surface area contributed by atoms with Gasteiger partial charge in [-0.25, -0.2) is 9.36 Å². The lowest BCUT2D eigenvalue weighted by Gasteiger charge is -2.19. The van der Waals surface area contributed by atoms with Crippen molar-refractivity contribution >= 4 is 32.9 Å². The second-order valence-electron chi connectivity index (χ2n) is 5.03. The molecular formula is C13H14BrNO3. The van der Waals surface area contributed by atoms with Crippen molar-refractivity contribution < 1.29 is 14.6 Å². The standard InChI is InChI=1S/C13H14BrNO3/c1-13(2,3)18-12(17)15-7-11(16)9-5-4-8(14)6-10(9)15/h4-7,16H,1-3H3. The van der Waals surface area contributed by atoms with Crippen LogP contribution in [0.1, 0.15) is 20.8 Å². The molecule has 1 aromatic heterocycles. The molecule has 1 N–H and O–H groups in total. The molecule has 5 heteroatoms. The highest BCUT2D eigenvalue weighted by molar-refractivity contribution is 9.10. The predicted octanol–water partition coefficient (Wildman–Crippen LogP) is 3.89. The number of aromatic hydroxyl groups is 1. The van der Waals surface area contributed by atoms with Crippen LogP contribution in [0.25, 0.3) is 10.9 Å². The van der Waals surface area contributed by atoms with Crippen molar-refractivity contribution in [1.82, 2.24) is 4.57 Å². The van der Waals surface area contributed by atoms with Gasteiger partial charge in [-0.15, -0.1) is 0 Å². The molecule has 0 saturated carbocycles. The van der Waals surface area contributed by atoms with Crippen LogP contribution < -0.4 is 0 Å². The highest BCUT2D eigenvalue weighted by Gasteiger charge is 2.20. The van der Waals surface area contributed by atoms with Gasteiger partial charge < -0.3 is 9.84 Å². The molecular weight excluding hydrogens is 298 g/mol. The van der Waals surface area contributed by atoms with Crippen LogP contribution in [-0.2, 0) is 4.74 Å². The third-order valence-electron chi connectivity index (χ3n) is 2.34. The molecule has 0 bridgehead atoms. The Labute approximate surface area is 113 Å². The Bertz CT molecular complexity index is 610. The van der Waals surface area contributed by atoms with E-state index >= 15 is 0 Å². The number of ether oxygens (including phenoxy) is 1. The van der Waals surface area contributed by atoms with Crippen molar-refractivity contribution in [3.05, 3.63) is 28.9 Å². The molecule has 0 aliphatic rings. The Hall–Kier alpha value is -1.49. The van der Waals surface area contributed by atoms with Crippen LogP contribution in [-0.4, -0.2) is 21.4 Å². The molecule has 0 unspecified atom stereocenters. The van der Waals surface area contributed by atoms with Gasteiger partial charge in [0.15, 0.2) is 0 Å². The van der Waals surface area contributed by atoms with E-state index in [-0.39, 0.29) is 5.75 Å². The summed E-state index contributed by atoms with van der Waals surface area (Å²) in [5.74, 6) is 0.0587. The van der Waals surface area contributed by atoms with Crippen molar-refractivity contribution in [3.63, 3.8) is 0 Å². The first-order valence-electron chi connectivity index (χ1n) is 5.51. The Kier molecular flexibility index (Phi) is 3.11. The van der Waals surface area contributed by atoms with Gasteiger partial charge in [0, 0.05) is 9.86 Å². The third-order valence-corrected chi connectivity index (χ3v) is 2.83. The highest BCUT2D eigenvalue weighted by Crippen LogP contribution is 2.29. The molecule has 2 aromatic rings. The van der Waals surface area contributed by atoms with Gasteiger partial charge in [-0.3, -0.25) is 0 Å². The minimum Gasteiger partial charge on any atom is -0.506 e. The molecule has 0 atom stereocenters. The summed E-state index contributed by atoms with van der Waals surface area (Å²) >= 11 is 3.34. The van der Waals surface area contributed by atoms with Crippen LogP contribution in [0.5, 0.6) is 5.75 Å². The summed E-state index contributed by atoms with van der Waals surface area (Å²) in [7, 11) is 0. The summed E-state index contributed by atoms with van der Waals surface area (Å²) in [6.45, 7) is 5.39. The first-order valence-corrected chi connectivity index (χ1v) is 6.30. The van der Waals surface area contributed by atoms with E-state index in [2.05, 4.69) is 15.9 Å². The van der Waals surface area contributed by atoms with Crippen LogP contribution in [0, 0.1) is 0 Å². The molecule has 1 heterocycles. The Morgan fingerprint density at radius 1 is 1.39 bits per heavy atom. The van der Waals surface area contributed by atoms with Crippen LogP contribution in [0.3, 0.4) is 0 Å². The SMILES string of the molecule is CC(C)(C)OC(=O)n1cc(O)c2ccc(Br)cc21. The van der Waals surface area contributed by atoms with Gasteiger partial charge in [-0.05, 0) is 39.0 Å². The zero-order valence-electron chi connectivity index (χ0n) is 10.4. The molecule has 2 rings (SSSR count). The average Bonchev–Trinajstić information content (AvgIpc) is 2.53. The minimum atomic E-state index is -0.574. The van der Waals surface area contributed by atoms with Gasteiger partial charge in [0.1, 0.15) is 11.4 Å². The minimum absolute atomic E-state index is 0.0587. The third kappa shape index (κ3) is 2.51. The smallest absolute Gasteiger partial charge is 0.419 e. The maximum absolute atomic E-state index is 12.0. The van der Waals surface area contributed by atoms with E-state index < -0.39 is 11.7 Å². The van der Waals surface area contributed by atoms with Crippen molar-refractivity contribution in [2.75, 3.05) is 0 Å². The van der Waals surface area contributed by atoms with E-state index in [4.69, 9.17) is 4.74 Å². The molecule has 0 aliphatic carbocycles. The van der Waals surface area contributed by atoms with Gasteiger partial charge in [-0.2, -0.15) is 0 Å². The Morgan fingerprint density at radius 3 is 2.67 bits per heavy atom. The van der Waals surface area contributed by atoms with Gasteiger partial charge >= 0.3 is 6.09 Å². The molecule has 96 valence electrons. The Morgan fingerprint density at radius 2 is 2.06 bits per heavy atom. The van der Waals surface area contributed by atoms with E-state index in [0.717, 1.165) is 4.47 Å². The van der Waals surface area contributed by atoms with Crippen LogP contribution in [0.15, 0.2) is 28.9 Å². The number of rotatable bonds is 0. The lowest BCUT2D eigenvalue weighted by molar-refractivity contribution is 0.0543. The van der Waals surface area contributed by atoms with E-state index in [9.17, 15) is 9.90 Å². The Balaban J connectivity index is 2.51. The van der Waals surface area contributed by atoms with Crippen LogP contribution in [0.2, 0.25) is 0 Å². The summed E-state index contributed by atoms with van der Waals surface area (Å²) in [5, 5.41) is 10.4. The average molecular weight is 312 g/mol. The van der Waals surface area contributed by atoms with Crippen molar-refractivity contribution in [2.24, 2.45) is 0 Å². The van der Waals surface area contributed by atoms with E-state index in [1.54, 1.807) is 32.9 Å². The lowest BCUT2D eigenvalue weighted by Crippen LogP contribution is -2.26. The van der Waals surface area contributed by atoms with Crippen LogP contribution in [0.4, 0.5) is 4.79 Å². The molecule has 0 amide bonds. The van der Waals surface area contributed by atoms with Gasteiger partial charge in [-0.1, -0.05) is 15.9 Å². The molecule has 1 aromatic carbocycles. The quantitative estimate of drug-likeness (QED) is 0.803. The number of halogens is 1. The number of benzene rings is 1. The second-order valence-corrected chi connectivity index (χ2v) is 5.94. The van der Waals surface area contributed by atoms with Gasteiger partial charge in [0.25, 0.3) is 0 Å². The molecule has 4 nitrogen and oxygen atoms in total. The van der Waals surface area contributed by atoms with E-state index in [1.807, 2.05) is 6.07 Å². The van der Waals surface area contributed by atoms with Crippen molar-refractivity contribution in [3.8, 4) is 5.75 Å². The monoisotopic (exact) mass is 311 g/mol. The molecule has 0 aliphatic heterocycles. The molecule has 0 fully saturated rings. The summed E-state index contributed by atoms with van der Waals surface area (Å²) in [4.78, 5) is 12.0. The largest absolute Gasteiger partial charge is 0.506 e. The summed E-state index contributed by atoms with van der Waals surface area (Å²) in [6.07, 6.45) is 0.858. The zero-order chi connectivity index (χ0) is 13.5. The predicted molar refractivity (Wildman–Crippen MR) is 72.9 cm³/mol. The molecule has 0 saturated heterocycles. The zero-order valence-corrected chi connectivity index (χ0v) is 12.0. The highest BCUT2D eigenvalue weighted by atomic mass is 79.9. The molecule has 0 spiro atoms. The van der Waals surface area contributed by atoms with Crippen LogP contribution >= 0.6 is 15.9 Å². The molecule has 0 radical (unpaired) electrons. The number of nitrogens with zero attached hydrogens (tertiary/aromatic N) is 1. The van der Waals surface area contributed by atoms with E-state index in [0.29, 0.717) is 10.9 Å². The number of carbonyl (C=O) groups is 1. The first-order chi connectivity index (χ1) is 8.28. The summed E-state index contributed by atoms with van der Waals surface area (Å²) in [5.41, 5.74) is 0.0334. The maximum atomic E-state index is 12.0. The second kappa shape index (κ2) is 4.31. The maximum Gasteiger partial charge on any atom is 0.419 e. The van der Waals surface area contributed by atoms with Crippen molar-refractivity contribution in [1.29, 1.82) is 0 Å². The van der Waals surface area contributed by atoms with E-state index in [1.165, 1.54) is 10.8 Å². The lowest BCUT2D eigenvalue weighted by atomic mass is 10.2. The normalized spacial score (nSPS) is 11.8. The number of carbonyl (C=O) groups excluding carboxylic acids is 1. The topological polar surface area (TPSA) is 51.5 Å². The fraction of sp³-hybridized carbons (Fsp3) is 0.308. The first kappa shape index (κ1) is 13.0. The number of fused-ring (bicyclic) bond motifs is 1. The number of aromatic nitrogens is 1. The summed E-state index contributed by atoms with van der Waals surface area (Å²) < 4.78 is 7.42.